The Kier molecular flexibility index (Phi) is 8.00. The molecule has 0 bridgehead atoms. The van der Waals surface area contributed by atoms with Gasteiger partial charge in [-0.05, 0) is 62.1 Å². The second kappa shape index (κ2) is 10.5. The molecule has 0 unspecified atom stereocenters. The normalized spacial score (nSPS) is 27.7. The Labute approximate surface area is 185 Å². The first-order valence-corrected chi connectivity index (χ1v) is 10.9. The fourth-order valence-corrected chi connectivity index (χ4v) is 4.76. The summed E-state index contributed by atoms with van der Waals surface area (Å²) in [5.74, 6) is -0.238. The summed E-state index contributed by atoms with van der Waals surface area (Å²) >= 11 is 0. The first-order chi connectivity index (χ1) is 15.1. The number of aliphatic hydroxyl groups excluding tert-OH is 2. The summed E-state index contributed by atoms with van der Waals surface area (Å²) in [5.41, 5.74) is 0.484. The highest BCUT2D eigenvalue weighted by Crippen LogP contribution is 2.50. The Hall–Kier alpha value is -2.32. The number of benzene rings is 1. The van der Waals surface area contributed by atoms with Crippen LogP contribution in [0.5, 0.6) is 5.75 Å². The third kappa shape index (κ3) is 6.59. The summed E-state index contributed by atoms with van der Waals surface area (Å²) in [7, 11) is 0. The van der Waals surface area contributed by atoms with Crippen LogP contribution in [0.3, 0.4) is 0 Å². The van der Waals surface area contributed by atoms with E-state index >= 15 is 0 Å². The molecule has 3 rings (SSSR count). The van der Waals surface area contributed by atoms with E-state index in [-0.39, 0.29) is 30.6 Å². The Morgan fingerprint density at radius 2 is 2.06 bits per heavy atom. The van der Waals surface area contributed by atoms with Gasteiger partial charge >= 0.3 is 12.1 Å². The van der Waals surface area contributed by atoms with Gasteiger partial charge in [0.25, 0.3) is 0 Å². The predicted octanol–water partition coefficient (Wildman–Crippen LogP) is 4.59. The lowest BCUT2D eigenvalue weighted by atomic mass is 9.90. The molecule has 8 heteroatoms. The van der Waals surface area contributed by atoms with Gasteiger partial charge in [-0.3, -0.25) is 4.79 Å². The van der Waals surface area contributed by atoms with Gasteiger partial charge in [-0.15, -0.1) is 0 Å². The number of unbranched alkanes of at least 4 members (excludes halogenated alkanes) is 1. The number of allylic oxidation sites excluding steroid dienone is 2. The molecule has 0 amide bonds. The van der Waals surface area contributed by atoms with Crippen LogP contribution in [0.1, 0.15) is 44.1 Å². The van der Waals surface area contributed by atoms with Crippen LogP contribution in [0.15, 0.2) is 48.1 Å². The van der Waals surface area contributed by atoms with Gasteiger partial charge in [-0.2, -0.15) is 13.2 Å². The third-order valence-electron chi connectivity index (χ3n) is 6.28. The molecule has 5 atom stereocenters. The predicted molar refractivity (Wildman–Crippen MR) is 112 cm³/mol. The quantitative estimate of drug-likeness (QED) is 0.375. The van der Waals surface area contributed by atoms with Gasteiger partial charge < -0.3 is 20.1 Å². The maximum Gasteiger partial charge on any atom is 0.416 e. The minimum Gasteiger partial charge on any atom is -0.491 e. The van der Waals surface area contributed by atoms with Gasteiger partial charge in [-0.25, -0.2) is 0 Å². The van der Waals surface area contributed by atoms with Crippen LogP contribution in [-0.4, -0.2) is 40.1 Å². The third-order valence-corrected chi connectivity index (χ3v) is 6.28. The Balaban J connectivity index is 1.51. The van der Waals surface area contributed by atoms with E-state index in [1.165, 1.54) is 17.7 Å². The molecular formula is C24H29F3O5. The van der Waals surface area contributed by atoms with Crippen LogP contribution >= 0.6 is 0 Å². The number of carbonyl (C=O) groups is 1. The minimum atomic E-state index is -4.46. The highest BCUT2D eigenvalue weighted by Gasteiger charge is 2.44. The Morgan fingerprint density at radius 1 is 1.28 bits per heavy atom. The van der Waals surface area contributed by atoms with Crippen molar-refractivity contribution in [1.82, 2.24) is 0 Å². The van der Waals surface area contributed by atoms with Crippen molar-refractivity contribution in [1.29, 1.82) is 0 Å². The van der Waals surface area contributed by atoms with Crippen LogP contribution < -0.4 is 4.74 Å². The van der Waals surface area contributed by atoms with Gasteiger partial charge in [0.05, 0.1) is 11.7 Å². The number of rotatable bonds is 9. The van der Waals surface area contributed by atoms with Gasteiger partial charge in [0.1, 0.15) is 18.5 Å². The second-order valence-corrected chi connectivity index (χ2v) is 8.65. The molecule has 0 aromatic heterocycles. The number of hydrogen-bond donors (Lipinski definition) is 3. The average Bonchev–Trinajstić information content (AvgIpc) is 3.24. The van der Waals surface area contributed by atoms with Crippen LogP contribution in [0.2, 0.25) is 0 Å². The van der Waals surface area contributed by atoms with Crippen molar-refractivity contribution in [2.45, 2.75) is 56.9 Å². The van der Waals surface area contributed by atoms with E-state index in [2.05, 4.69) is 6.08 Å². The summed E-state index contributed by atoms with van der Waals surface area (Å²) in [6.07, 6.45) is 3.42. The van der Waals surface area contributed by atoms with Crippen molar-refractivity contribution in [2.24, 2.45) is 17.8 Å². The van der Waals surface area contributed by atoms with Crippen molar-refractivity contribution in [3.05, 3.63) is 53.6 Å². The van der Waals surface area contributed by atoms with Gasteiger partial charge in [-0.1, -0.05) is 29.9 Å². The van der Waals surface area contributed by atoms with Crippen molar-refractivity contribution < 1.29 is 38.0 Å². The number of ether oxygens (including phenoxy) is 1. The largest absolute Gasteiger partial charge is 0.491 e. The molecule has 176 valence electrons. The van der Waals surface area contributed by atoms with Crippen LogP contribution in [0, 0.1) is 17.8 Å². The van der Waals surface area contributed by atoms with E-state index < -0.39 is 29.9 Å². The molecule has 0 saturated heterocycles. The smallest absolute Gasteiger partial charge is 0.416 e. The number of carboxylic acid groups (broad SMARTS) is 1. The van der Waals surface area contributed by atoms with Crippen molar-refractivity contribution in [3.8, 4) is 5.75 Å². The zero-order valence-corrected chi connectivity index (χ0v) is 17.7. The maximum absolute atomic E-state index is 12.8. The molecule has 2 aliphatic carbocycles. The highest BCUT2D eigenvalue weighted by molar-refractivity contribution is 5.66. The van der Waals surface area contributed by atoms with Gasteiger partial charge in [0, 0.05) is 12.3 Å². The lowest BCUT2D eigenvalue weighted by Crippen LogP contribution is -2.19. The van der Waals surface area contributed by atoms with E-state index in [1.807, 2.05) is 0 Å². The molecule has 2 aliphatic rings. The number of alkyl halides is 3. The summed E-state index contributed by atoms with van der Waals surface area (Å²) in [6, 6.07) is 4.50. The lowest BCUT2D eigenvalue weighted by Gasteiger charge is -2.18. The monoisotopic (exact) mass is 454 g/mol. The van der Waals surface area contributed by atoms with E-state index in [1.54, 1.807) is 12.2 Å². The Morgan fingerprint density at radius 3 is 2.78 bits per heavy atom. The van der Waals surface area contributed by atoms with E-state index in [9.17, 15) is 28.2 Å². The number of fused-ring (bicyclic) bond motifs is 1. The molecule has 2 fully saturated rings. The summed E-state index contributed by atoms with van der Waals surface area (Å²) in [5, 5.41) is 29.3. The SMILES string of the molecule is O=C(O)CCC/C=C1/C[C@H]2C[C@@H](O)[C@H](/C=C/[C@@H](O)COc3cccc(C(F)(F)F)c3)[C@H]2C1. The molecule has 3 N–H and O–H groups in total. The molecule has 1 aromatic rings. The first kappa shape index (κ1) is 24.3. The molecule has 0 radical (unpaired) electrons. The molecule has 0 heterocycles. The summed E-state index contributed by atoms with van der Waals surface area (Å²) < 4.78 is 43.7. The second-order valence-electron chi connectivity index (χ2n) is 8.65. The molecular weight excluding hydrogens is 425 g/mol. The van der Waals surface area contributed by atoms with Crippen LogP contribution in [0.25, 0.3) is 0 Å². The van der Waals surface area contributed by atoms with Crippen LogP contribution in [-0.2, 0) is 11.0 Å². The Bertz CT molecular complexity index is 848. The molecule has 0 aliphatic heterocycles. The molecule has 32 heavy (non-hydrogen) atoms. The average molecular weight is 454 g/mol. The summed E-state index contributed by atoms with van der Waals surface area (Å²) in [6.45, 7) is -0.191. The van der Waals surface area contributed by atoms with Crippen molar-refractivity contribution >= 4 is 5.97 Å². The number of hydrogen-bond acceptors (Lipinski definition) is 4. The standard InChI is InChI=1S/C24H29F3O5/c25-24(26,27)17-5-3-6-19(13-17)32-14-18(28)8-9-20-21-11-15(4-1-2-7-23(30)31)10-16(21)12-22(20)29/h3-6,8-9,13,16,18,20-22,28-29H,1-2,7,10-12,14H2,(H,30,31)/b9-8+,15-4-/t16-,18+,20+,21-,22+/m0/s1. The van der Waals surface area contributed by atoms with Gasteiger partial charge in [0.15, 0.2) is 0 Å². The minimum absolute atomic E-state index is 0.0294. The summed E-state index contributed by atoms with van der Waals surface area (Å²) in [4.78, 5) is 10.6. The maximum atomic E-state index is 12.8. The molecule has 5 nitrogen and oxygen atoms in total. The number of aliphatic hydroxyl groups is 2. The van der Waals surface area contributed by atoms with Crippen molar-refractivity contribution in [3.63, 3.8) is 0 Å². The molecule has 2 saturated carbocycles. The lowest BCUT2D eigenvalue weighted by molar-refractivity contribution is -0.138. The fourth-order valence-electron chi connectivity index (χ4n) is 4.76. The van der Waals surface area contributed by atoms with E-state index in [0.717, 1.165) is 31.4 Å². The number of carboxylic acids is 1. The molecule has 0 spiro atoms. The van der Waals surface area contributed by atoms with E-state index in [0.29, 0.717) is 18.8 Å². The zero-order valence-electron chi connectivity index (χ0n) is 17.7. The van der Waals surface area contributed by atoms with E-state index in [4.69, 9.17) is 9.84 Å². The topological polar surface area (TPSA) is 87.0 Å². The number of aliphatic carboxylic acids is 1. The number of halogens is 3. The van der Waals surface area contributed by atoms with Gasteiger partial charge in [0.2, 0.25) is 0 Å². The zero-order chi connectivity index (χ0) is 23.3. The van der Waals surface area contributed by atoms with Crippen LogP contribution in [0.4, 0.5) is 13.2 Å². The van der Waals surface area contributed by atoms with Crippen molar-refractivity contribution in [2.75, 3.05) is 6.61 Å². The first-order valence-electron chi connectivity index (χ1n) is 10.9. The molecule has 1 aromatic carbocycles. The fraction of sp³-hybridized carbons (Fsp3) is 0.542. The highest BCUT2D eigenvalue weighted by atomic mass is 19.4.